The van der Waals surface area contributed by atoms with E-state index in [1.165, 1.54) is 13.2 Å². The van der Waals surface area contributed by atoms with Gasteiger partial charge in [0.1, 0.15) is 12.4 Å². The number of hydrogen-bond acceptors (Lipinski definition) is 4. The lowest BCUT2D eigenvalue weighted by Crippen LogP contribution is -2.48. The number of hydrogen-bond donors (Lipinski definition) is 1. The summed E-state index contributed by atoms with van der Waals surface area (Å²) in [6.45, 7) is 6.31. The summed E-state index contributed by atoms with van der Waals surface area (Å²) in [7, 11) is 1.49. The number of benzene rings is 1. The van der Waals surface area contributed by atoms with Crippen molar-refractivity contribution in [3.05, 3.63) is 47.4 Å². The van der Waals surface area contributed by atoms with Crippen LogP contribution in [-0.2, 0) is 15.1 Å². The van der Waals surface area contributed by atoms with Gasteiger partial charge in [-0.15, -0.1) is 0 Å². The fraction of sp³-hybridized carbons (Fsp3) is 0.476. The molecule has 1 amide bonds. The Morgan fingerprint density at radius 3 is 2.78 bits per heavy atom. The average Bonchev–Trinajstić information content (AvgIpc) is 2.62. The van der Waals surface area contributed by atoms with Gasteiger partial charge in [0, 0.05) is 12.7 Å². The number of fused-ring (bicyclic) bond motifs is 1. The molecule has 1 aromatic carbocycles. The van der Waals surface area contributed by atoms with Gasteiger partial charge in [-0.2, -0.15) is 10.2 Å². The van der Waals surface area contributed by atoms with Gasteiger partial charge >= 0.3 is 0 Å². The number of aromatic nitrogens is 2. The summed E-state index contributed by atoms with van der Waals surface area (Å²) in [4.78, 5) is 12.1. The molecule has 5 nitrogen and oxygen atoms in total. The number of methoxy groups -OCH3 is 1. The maximum atomic E-state index is 14.2. The van der Waals surface area contributed by atoms with Gasteiger partial charge in [0.05, 0.1) is 16.9 Å². The standard InChI is InChI=1S/C21H26FN3O2/c1-13(2)14-9-10-21(3,23-19(26)12-27-4)20-16(14)11-18(24-25-20)15-7-5-6-8-17(15)22/h5-8,11,13-14H,9-10,12H2,1-4H3,(H,23,26). The van der Waals surface area contributed by atoms with Crippen molar-refractivity contribution >= 4 is 5.91 Å². The molecule has 0 fully saturated rings. The summed E-state index contributed by atoms with van der Waals surface area (Å²) in [6.07, 6.45) is 1.68. The molecule has 0 aliphatic heterocycles. The molecule has 1 aliphatic rings. The number of nitrogens with one attached hydrogen (secondary N) is 1. The molecule has 1 heterocycles. The molecular weight excluding hydrogens is 345 g/mol. The third-order valence-corrected chi connectivity index (χ3v) is 5.35. The molecule has 1 aliphatic carbocycles. The molecule has 0 saturated heterocycles. The lowest BCUT2D eigenvalue weighted by atomic mass is 9.71. The molecule has 1 aromatic heterocycles. The number of ether oxygens (including phenoxy) is 1. The normalized spacial score (nSPS) is 21.8. The predicted molar refractivity (Wildman–Crippen MR) is 102 cm³/mol. The van der Waals surface area contributed by atoms with Crippen LogP contribution >= 0.6 is 0 Å². The Balaban J connectivity index is 2.07. The SMILES string of the molecule is COCC(=O)NC1(C)CCC(C(C)C)c2cc(-c3ccccc3F)nnc21. The lowest BCUT2D eigenvalue weighted by molar-refractivity contribution is -0.127. The number of carbonyl (C=O) groups is 1. The molecule has 0 radical (unpaired) electrons. The largest absolute Gasteiger partial charge is 0.375 e. The van der Waals surface area contributed by atoms with E-state index in [0.717, 1.165) is 24.1 Å². The number of nitrogens with zero attached hydrogens (tertiary/aromatic N) is 2. The monoisotopic (exact) mass is 371 g/mol. The van der Waals surface area contributed by atoms with Crippen LogP contribution in [0, 0.1) is 11.7 Å². The summed E-state index contributed by atoms with van der Waals surface area (Å²) < 4.78 is 19.2. The van der Waals surface area contributed by atoms with E-state index >= 15 is 0 Å². The van der Waals surface area contributed by atoms with E-state index in [2.05, 4.69) is 29.4 Å². The Morgan fingerprint density at radius 2 is 2.11 bits per heavy atom. The van der Waals surface area contributed by atoms with Gasteiger partial charge in [0.2, 0.25) is 5.91 Å². The molecule has 27 heavy (non-hydrogen) atoms. The molecule has 2 atom stereocenters. The zero-order valence-corrected chi connectivity index (χ0v) is 16.3. The summed E-state index contributed by atoms with van der Waals surface area (Å²) in [5.74, 6) is 0.183. The third kappa shape index (κ3) is 3.86. The molecule has 2 aromatic rings. The van der Waals surface area contributed by atoms with Crippen LogP contribution in [0.15, 0.2) is 30.3 Å². The second-order valence-corrected chi connectivity index (χ2v) is 7.72. The molecule has 1 N–H and O–H groups in total. The number of rotatable bonds is 5. The Bertz CT molecular complexity index is 840. The number of carbonyl (C=O) groups excluding carboxylic acids is 1. The highest BCUT2D eigenvalue weighted by molar-refractivity contribution is 5.78. The van der Waals surface area contributed by atoms with E-state index in [9.17, 15) is 9.18 Å². The van der Waals surface area contributed by atoms with Crippen LogP contribution in [0.4, 0.5) is 4.39 Å². The maximum absolute atomic E-state index is 14.2. The van der Waals surface area contributed by atoms with Crippen molar-refractivity contribution < 1.29 is 13.9 Å². The van der Waals surface area contributed by atoms with Crippen molar-refractivity contribution in [2.24, 2.45) is 5.92 Å². The second-order valence-electron chi connectivity index (χ2n) is 7.72. The molecule has 144 valence electrons. The Kier molecular flexibility index (Phi) is 5.56. The fourth-order valence-electron chi connectivity index (χ4n) is 3.93. The van der Waals surface area contributed by atoms with Crippen LogP contribution < -0.4 is 5.32 Å². The van der Waals surface area contributed by atoms with Gasteiger partial charge in [-0.3, -0.25) is 4.79 Å². The van der Waals surface area contributed by atoms with Crippen molar-refractivity contribution in [3.8, 4) is 11.3 Å². The fourth-order valence-corrected chi connectivity index (χ4v) is 3.93. The molecule has 2 unspecified atom stereocenters. The first-order valence-corrected chi connectivity index (χ1v) is 9.28. The van der Waals surface area contributed by atoms with Crippen molar-refractivity contribution in [1.29, 1.82) is 0 Å². The van der Waals surface area contributed by atoms with E-state index in [1.54, 1.807) is 18.2 Å². The van der Waals surface area contributed by atoms with Crippen molar-refractivity contribution in [3.63, 3.8) is 0 Å². The van der Waals surface area contributed by atoms with E-state index in [1.807, 2.05) is 13.0 Å². The minimum absolute atomic E-state index is 0.000723. The van der Waals surface area contributed by atoms with Gasteiger partial charge in [-0.05, 0) is 55.4 Å². The zero-order chi connectivity index (χ0) is 19.6. The van der Waals surface area contributed by atoms with Gasteiger partial charge in [0.25, 0.3) is 0 Å². The van der Waals surface area contributed by atoms with Crippen molar-refractivity contribution in [2.75, 3.05) is 13.7 Å². The number of amides is 1. The first-order valence-electron chi connectivity index (χ1n) is 9.28. The molecule has 0 saturated carbocycles. The Hall–Kier alpha value is -2.34. The van der Waals surface area contributed by atoms with E-state index in [-0.39, 0.29) is 24.2 Å². The molecule has 0 spiro atoms. The first-order chi connectivity index (χ1) is 12.9. The molecule has 3 rings (SSSR count). The van der Waals surface area contributed by atoms with Gasteiger partial charge in [0.15, 0.2) is 0 Å². The number of halogens is 1. The smallest absolute Gasteiger partial charge is 0.246 e. The maximum Gasteiger partial charge on any atom is 0.246 e. The summed E-state index contributed by atoms with van der Waals surface area (Å²) in [5.41, 5.74) is 2.13. The molecular formula is C21H26FN3O2. The highest BCUT2D eigenvalue weighted by atomic mass is 19.1. The predicted octanol–water partition coefficient (Wildman–Crippen LogP) is 3.79. The molecule has 0 bridgehead atoms. The zero-order valence-electron chi connectivity index (χ0n) is 16.3. The second kappa shape index (κ2) is 7.72. The molecule has 6 heteroatoms. The first kappa shape index (κ1) is 19.4. The van der Waals surface area contributed by atoms with E-state index in [4.69, 9.17) is 4.74 Å². The third-order valence-electron chi connectivity index (χ3n) is 5.35. The summed E-state index contributed by atoms with van der Waals surface area (Å²) >= 11 is 0. The van der Waals surface area contributed by atoms with Crippen molar-refractivity contribution in [2.45, 2.75) is 45.1 Å². The van der Waals surface area contributed by atoms with E-state index in [0.29, 0.717) is 17.2 Å². The quantitative estimate of drug-likeness (QED) is 0.868. The minimum atomic E-state index is -0.614. The lowest BCUT2D eigenvalue weighted by Gasteiger charge is -2.40. The summed E-state index contributed by atoms with van der Waals surface area (Å²) in [6, 6.07) is 8.51. The van der Waals surface area contributed by atoms with Gasteiger partial charge in [-0.25, -0.2) is 4.39 Å². The topological polar surface area (TPSA) is 64.1 Å². The summed E-state index contributed by atoms with van der Waals surface area (Å²) in [5, 5.41) is 11.8. The Labute approximate surface area is 159 Å². The van der Waals surface area contributed by atoms with Crippen LogP contribution in [0.1, 0.15) is 50.8 Å². The van der Waals surface area contributed by atoms with Crippen LogP contribution in [0.5, 0.6) is 0 Å². The van der Waals surface area contributed by atoms with Crippen molar-refractivity contribution in [1.82, 2.24) is 15.5 Å². The highest BCUT2D eigenvalue weighted by Crippen LogP contribution is 2.44. The van der Waals surface area contributed by atoms with Crippen LogP contribution in [0.25, 0.3) is 11.3 Å². The van der Waals surface area contributed by atoms with E-state index < -0.39 is 5.54 Å². The Morgan fingerprint density at radius 1 is 1.37 bits per heavy atom. The van der Waals surface area contributed by atoms with Crippen LogP contribution in [0.3, 0.4) is 0 Å². The van der Waals surface area contributed by atoms with Crippen LogP contribution in [0.2, 0.25) is 0 Å². The minimum Gasteiger partial charge on any atom is -0.375 e. The van der Waals surface area contributed by atoms with Gasteiger partial charge in [-0.1, -0.05) is 26.0 Å². The highest BCUT2D eigenvalue weighted by Gasteiger charge is 2.40. The average molecular weight is 371 g/mol. The van der Waals surface area contributed by atoms with Gasteiger partial charge < -0.3 is 10.1 Å². The van der Waals surface area contributed by atoms with Crippen LogP contribution in [-0.4, -0.2) is 29.8 Å².